The summed E-state index contributed by atoms with van der Waals surface area (Å²) >= 11 is 1.37. The molecule has 25 heavy (non-hydrogen) atoms. The van der Waals surface area contributed by atoms with Gasteiger partial charge in [0.15, 0.2) is 0 Å². The van der Waals surface area contributed by atoms with Crippen molar-refractivity contribution in [3.05, 3.63) is 0 Å². The predicted octanol–water partition coefficient (Wildman–Crippen LogP) is 0.786. The van der Waals surface area contributed by atoms with E-state index in [2.05, 4.69) is 5.32 Å². The van der Waals surface area contributed by atoms with Gasteiger partial charge in [0.1, 0.15) is 0 Å². The van der Waals surface area contributed by atoms with Crippen LogP contribution in [0.2, 0.25) is 0 Å². The van der Waals surface area contributed by atoms with Gasteiger partial charge in [-0.1, -0.05) is 6.92 Å². The van der Waals surface area contributed by atoms with Gasteiger partial charge in [0, 0.05) is 25.2 Å². The highest BCUT2D eigenvalue weighted by Gasteiger charge is 2.34. The average molecular weight is 372 g/mol. The normalized spacial score (nSPS) is 23.2. The van der Waals surface area contributed by atoms with Crippen molar-refractivity contribution in [3.8, 4) is 0 Å². The summed E-state index contributed by atoms with van der Waals surface area (Å²) in [5, 5.41) is 11.9. The van der Waals surface area contributed by atoms with Crippen molar-refractivity contribution in [3.63, 3.8) is 0 Å². The second kappa shape index (κ2) is 10.0. The molecule has 2 rings (SSSR count). The molecule has 1 aliphatic heterocycles. The molecular weight excluding hydrogens is 342 g/mol. The van der Waals surface area contributed by atoms with Crippen LogP contribution in [0.5, 0.6) is 0 Å². The number of carboxylic acid groups (broad SMARTS) is 1. The van der Waals surface area contributed by atoms with Crippen molar-refractivity contribution in [2.45, 2.75) is 51.1 Å². The molecule has 2 amide bonds. The third-order valence-electron chi connectivity index (χ3n) is 4.91. The fraction of sp³-hybridized carbons (Fsp3) is 0.824. The lowest BCUT2D eigenvalue weighted by Crippen LogP contribution is -2.55. The Labute approximate surface area is 153 Å². The number of carbonyl (C=O) groups excluding carboxylic acids is 2. The van der Waals surface area contributed by atoms with Gasteiger partial charge in [0.2, 0.25) is 11.8 Å². The number of likely N-dealkylation sites (tertiary alicyclic amines) is 1. The lowest BCUT2D eigenvalue weighted by Gasteiger charge is -2.42. The Morgan fingerprint density at radius 3 is 2.44 bits per heavy atom. The quantitative estimate of drug-likeness (QED) is 0.623. The Balaban J connectivity index is 1.57. The highest BCUT2D eigenvalue weighted by molar-refractivity contribution is 8.00. The molecule has 0 unspecified atom stereocenters. The fourth-order valence-electron chi connectivity index (χ4n) is 3.41. The summed E-state index contributed by atoms with van der Waals surface area (Å²) in [7, 11) is 0. The zero-order valence-corrected chi connectivity index (χ0v) is 15.7. The summed E-state index contributed by atoms with van der Waals surface area (Å²) in [5.74, 6) is -0.0604. The number of piperidine rings is 1. The van der Waals surface area contributed by atoms with Gasteiger partial charge in [-0.3, -0.25) is 19.3 Å². The van der Waals surface area contributed by atoms with Crippen LogP contribution in [0.25, 0.3) is 0 Å². The topological polar surface area (TPSA) is 90.0 Å². The van der Waals surface area contributed by atoms with E-state index in [0.29, 0.717) is 18.1 Å². The number of nitrogens with one attached hydrogen (secondary N) is 1. The minimum absolute atomic E-state index is 0.0406. The first-order valence-corrected chi connectivity index (χ1v) is 10.3. The lowest BCUT2D eigenvalue weighted by atomic mass is 9.85. The van der Waals surface area contributed by atoms with E-state index >= 15 is 0 Å². The van der Waals surface area contributed by atoms with E-state index in [1.807, 2.05) is 16.7 Å². The Morgan fingerprint density at radius 1 is 1.16 bits per heavy atom. The molecule has 142 valence electrons. The molecule has 2 aliphatic rings. The van der Waals surface area contributed by atoms with Crippen molar-refractivity contribution < 1.29 is 19.5 Å². The van der Waals surface area contributed by atoms with Crippen LogP contribution in [0.4, 0.5) is 0 Å². The molecule has 8 heteroatoms. The van der Waals surface area contributed by atoms with Crippen molar-refractivity contribution in [2.24, 2.45) is 0 Å². The van der Waals surface area contributed by atoms with Crippen molar-refractivity contribution in [1.82, 2.24) is 15.1 Å². The van der Waals surface area contributed by atoms with Crippen LogP contribution in [-0.4, -0.2) is 82.5 Å². The molecule has 0 aromatic rings. The van der Waals surface area contributed by atoms with E-state index in [0.717, 1.165) is 38.8 Å². The third-order valence-corrected chi connectivity index (χ3v) is 5.82. The number of carboxylic acids is 1. The Kier molecular flexibility index (Phi) is 8.02. The second-order valence-electron chi connectivity index (χ2n) is 6.78. The van der Waals surface area contributed by atoms with Crippen LogP contribution in [0.1, 0.15) is 39.0 Å². The first-order valence-electron chi connectivity index (χ1n) is 9.10. The maximum atomic E-state index is 12.0. The molecular formula is C17H29N3O4S. The molecule has 0 bridgehead atoms. The fourth-order valence-corrected chi connectivity index (χ4v) is 4.14. The summed E-state index contributed by atoms with van der Waals surface area (Å²) < 4.78 is 0. The second-order valence-corrected chi connectivity index (χ2v) is 7.77. The Morgan fingerprint density at radius 2 is 1.84 bits per heavy atom. The molecule has 0 aromatic heterocycles. The zero-order chi connectivity index (χ0) is 18.2. The molecule has 2 fully saturated rings. The van der Waals surface area contributed by atoms with Crippen LogP contribution in [0.3, 0.4) is 0 Å². The molecule has 1 saturated heterocycles. The molecule has 7 nitrogen and oxygen atoms in total. The van der Waals surface area contributed by atoms with E-state index < -0.39 is 5.97 Å². The minimum Gasteiger partial charge on any atom is -0.480 e. The predicted molar refractivity (Wildman–Crippen MR) is 97.6 cm³/mol. The third kappa shape index (κ3) is 6.51. The number of likely N-dealkylation sites (N-methyl/N-ethyl adjacent to an activating group) is 1. The molecule has 0 radical (unpaired) electrons. The number of hydrogen-bond acceptors (Lipinski definition) is 5. The standard InChI is InChI=1S/C17H29N3O4S/c1-2-19(10-17(23)24)14-8-13(9-14)18-15(21)11-25-12-16(22)20-6-4-3-5-7-20/h13-14H,2-12H2,1H3,(H,18,21)(H,23,24). The van der Waals surface area contributed by atoms with E-state index in [4.69, 9.17) is 5.11 Å². The molecule has 1 heterocycles. The molecule has 1 saturated carbocycles. The number of hydrogen-bond donors (Lipinski definition) is 2. The van der Waals surface area contributed by atoms with Gasteiger partial charge in [0.05, 0.1) is 18.1 Å². The van der Waals surface area contributed by atoms with E-state index in [-0.39, 0.29) is 30.4 Å². The Bertz CT molecular complexity index is 477. The van der Waals surface area contributed by atoms with Crippen LogP contribution in [-0.2, 0) is 14.4 Å². The van der Waals surface area contributed by atoms with Crippen LogP contribution < -0.4 is 5.32 Å². The number of nitrogens with zero attached hydrogens (tertiary/aromatic N) is 2. The van der Waals surface area contributed by atoms with Crippen LogP contribution in [0.15, 0.2) is 0 Å². The molecule has 0 spiro atoms. The summed E-state index contributed by atoms with van der Waals surface area (Å²) in [6.45, 7) is 4.39. The maximum Gasteiger partial charge on any atom is 0.317 e. The van der Waals surface area contributed by atoms with E-state index in [9.17, 15) is 14.4 Å². The van der Waals surface area contributed by atoms with Gasteiger partial charge in [-0.25, -0.2) is 0 Å². The SMILES string of the molecule is CCN(CC(=O)O)C1CC(NC(=O)CSCC(=O)N2CCCCC2)C1. The summed E-state index contributed by atoms with van der Waals surface area (Å²) in [6.07, 6.45) is 4.95. The zero-order valence-electron chi connectivity index (χ0n) is 14.9. The smallest absolute Gasteiger partial charge is 0.317 e. The Hall–Kier alpha value is -1.28. The maximum absolute atomic E-state index is 12.0. The minimum atomic E-state index is -0.816. The first-order chi connectivity index (χ1) is 12.0. The van der Waals surface area contributed by atoms with Gasteiger partial charge in [0.25, 0.3) is 0 Å². The summed E-state index contributed by atoms with van der Waals surface area (Å²) in [4.78, 5) is 38.6. The monoisotopic (exact) mass is 371 g/mol. The number of rotatable bonds is 9. The molecule has 0 aromatic carbocycles. The van der Waals surface area contributed by atoms with Gasteiger partial charge < -0.3 is 15.3 Å². The highest BCUT2D eigenvalue weighted by Crippen LogP contribution is 2.25. The van der Waals surface area contributed by atoms with Crippen LogP contribution >= 0.6 is 11.8 Å². The first kappa shape index (κ1) is 20.0. The van der Waals surface area contributed by atoms with Gasteiger partial charge in [-0.2, -0.15) is 0 Å². The molecule has 2 N–H and O–H groups in total. The van der Waals surface area contributed by atoms with Crippen molar-refractivity contribution >= 4 is 29.5 Å². The largest absolute Gasteiger partial charge is 0.480 e. The van der Waals surface area contributed by atoms with E-state index in [1.54, 1.807) is 0 Å². The van der Waals surface area contributed by atoms with Gasteiger partial charge in [-0.15, -0.1) is 11.8 Å². The average Bonchev–Trinajstić information content (AvgIpc) is 2.56. The van der Waals surface area contributed by atoms with E-state index in [1.165, 1.54) is 18.2 Å². The molecule has 1 aliphatic carbocycles. The highest BCUT2D eigenvalue weighted by atomic mass is 32.2. The van der Waals surface area contributed by atoms with Crippen molar-refractivity contribution in [2.75, 3.05) is 37.7 Å². The van der Waals surface area contributed by atoms with Gasteiger partial charge >= 0.3 is 5.97 Å². The van der Waals surface area contributed by atoms with Crippen molar-refractivity contribution in [1.29, 1.82) is 0 Å². The van der Waals surface area contributed by atoms with Crippen LogP contribution in [0, 0.1) is 0 Å². The molecule has 0 atom stereocenters. The summed E-state index contributed by atoms with van der Waals surface area (Å²) in [5.41, 5.74) is 0. The van der Waals surface area contributed by atoms with Gasteiger partial charge in [-0.05, 0) is 38.6 Å². The number of amides is 2. The number of carbonyl (C=O) groups is 3. The number of thioether (sulfide) groups is 1. The summed E-state index contributed by atoms with van der Waals surface area (Å²) in [6, 6.07) is 0.360. The lowest BCUT2D eigenvalue weighted by molar-refractivity contribution is -0.139. The number of aliphatic carboxylic acids is 1.